The Hall–Kier alpha value is -3.60. The number of ether oxygens (including phenoxy) is 2. The van der Waals surface area contributed by atoms with Crippen LogP contribution in [0.5, 0.6) is 11.5 Å². The van der Waals surface area contributed by atoms with Gasteiger partial charge in [-0.05, 0) is 30.7 Å². The molecular formula is C20H20N6O4S. The van der Waals surface area contributed by atoms with E-state index in [-0.39, 0.29) is 23.5 Å². The van der Waals surface area contributed by atoms with Crippen molar-refractivity contribution >= 4 is 29.4 Å². The number of carbonyl (C=O) groups is 2. The maximum Gasteiger partial charge on any atom is 0.255 e. The van der Waals surface area contributed by atoms with Crippen molar-refractivity contribution in [3.8, 4) is 17.4 Å². The molecule has 0 saturated heterocycles. The zero-order valence-electron chi connectivity index (χ0n) is 16.9. The molecular weight excluding hydrogens is 420 g/mol. The van der Waals surface area contributed by atoms with Gasteiger partial charge in [0, 0.05) is 18.0 Å². The van der Waals surface area contributed by atoms with Gasteiger partial charge in [0.05, 0.1) is 23.8 Å². The second-order valence-corrected chi connectivity index (χ2v) is 7.81. The number of carbonyl (C=O) groups excluding carboxylic acids is 2. The molecule has 0 aliphatic carbocycles. The lowest BCUT2D eigenvalue weighted by Crippen LogP contribution is -2.20. The first-order valence-electron chi connectivity index (χ1n) is 9.35. The molecule has 0 fully saturated rings. The molecule has 1 aliphatic heterocycles. The summed E-state index contributed by atoms with van der Waals surface area (Å²) in [5, 5.41) is 7.28. The smallest absolute Gasteiger partial charge is 0.255 e. The number of rotatable bonds is 6. The summed E-state index contributed by atoms with van der Waals surface area (Å²) in [6.07, 6.45) is 3.23. The molecule has 3 N–H and O–H groups in total. The van der Waals surface area contributed by atoms with Crippen LogP contribution in [0.15, 0.2) is 36.7 Å². The van der Waals surface area contributed by atoms with Gasteiger partial charge in [0.2, 0.25) is 5.91 Å². The number of nitrogens with zero attached hydrogens (tertiary/aromatic N) is 4. The van der Waals surface area contributed by atoms with Crippen molar-refractivity contribution in [1.29, 1.82) is 0 Å². The molecule has 1 unspecified atom stereocenters. The topological polar surface area (TPSA) is 134 Å². The molecule has 2 amide bonds. The molecule has 0 saturated carbocycles. The van der Waals surface area contributed by atoms with Crippen LogP contribution in [0.1, 0.15) is 22.1 Å². The molecule has 10 nitrogen and oxygen atoms in total. The molecule has 2 aromatic heterocycles. The van der Waals surface area contributed by atoms with Crippen LogP contribution < -0.4 is 20.5 Å². The Morgan fingerprint density at radius 1 is 1.32 bits per heavy atom. The third-order valence-electron chi connectivity index (χ3n) is 4.61. The van der Waals surface area contributed by atoms with Gasteiger partial charge in [-0.2, -0.15) is 9.78 Å². The van der Waals surface area contributed by atoms with E-state index >= 15 is 0 Å². The van der Waals surface area contributed by atoms with Crippen molar-refractivity contribution in [3.05, 3.63) is 53.5 Å². The van der Waals surface area contributed by atoms with Crippen LogP contribution in [0.3, 0.4) is 0 Å². The van der Waals surface area contributed by atoms with Crippen LogP contribution in [0.4, 0.5) is 5.82 Å². The van der Waals surface area contributed by atoms with Gasteiger partial charge in [-0.15, -0.1) is 11.8 Å². The average Bonchev–Trinajstić information content (AvgIpc) is 2.97. The summed E-state index contributed by atoms with van der Waals surface area (Å²) in [4.78, 5) is 32.1. The van der Waals surface area contributed by atoms with Gasteiger partial charge < -0.3 is 20.5 Å². The van der Waals surface area contributed by atoms with E-state index in [4.69, 9.17) is 15.2 Å². The number of thioether (sulfide) groups is 1. The summed E-state index contributed by atoms with van der Waals surface area (Å²) >= 11 is 1.46. The van der Waals surface area contributed by atoms with E-state index in [1.165, 1.54) is 23.6 Å². The number of methoxy groups -OCH3 is 1. The van der Waals surface area contributed by atoms with E-state index < -0.39 is 5.91 Å². The second kappa shape index (κ2) is 8.64. The summed E-state index contributed by atoms with van der Waals surface area (Å²) in [5.74, 6) is 1.26. The highest BCUT2D eigenvalue weighted by molar-refractivity contribution is 8.00. The number of benzene rings is 1. The number of amides is 2. The van der Waals surface area contributed by atoms with Crippen LogP contribution in [-0.2, 0) is 9.59 Å². The zero-order chi connectivity index (χ0) is 22.0. The van der Waals surface area contributed by atoms with Crippen LogP contribution >= 0.6 is 11.8 Å². The molecule has 160 valence electrons. The Kier molecular flexibility index (Phi) is 5.76. The van der Waals surface area contributed by atoms with Crippen LogP contribution in [-0.4, -0.2) is 51.0 Å². The number of hydrogen-bond donors (Lipinski definition) is 2. The third-order valence-corrected chi connectivity index (χ3v) is 5.88. The fraction of sp³-hybridized carbons (Fsp3) is 0.250. The molecule has 1 aromatic carbocycles. The molecule has 1 atom stereocenters. The quantitative estimate of drug-likeness (QED) is 0.590. The highest BCUT2D eigenvalue weighted by Crippen LogP contribution is 2.45. The summed E-state index contributed by atoms with van der Waals surface area (Å²) in [7, 11) is 1.52. The number of anilines is 1. The maximum absolute atomic E-state index is 12.5. The normalized spacial score (nSPS) is 15.5. The number of nitrogens with one attached hydrogen (secondary N) is 1. The minimum absolute atomic E-state index is 0.149. The third kappa shape index (κ3) is 4.17. The molecule has 3 heterocycles. The summed E-state index contributed by atoms with van der Waals surface area (Å²) in [6.45, 7) is 1.60. The lowest BCUT2D eigenvalue weighted by Gasteiger charge is -2.18. The van der Waals surface area contributed by atoms with Crippen molar-refractivity contribution in [2.45, 2.75) is 12.2 Å². The maximum atomic E-state index is 12.5. The lowest BCUT2D eigenvalue weighted by atomic mass is 10.0. The Labute approximate surface area is 182 Å². The van der Waals surface area contributed by atoms with E-state index in [0.717, 1.165) is 16.8 Å². The van der Waals surface area contributed by atoms with Crippen molar-refractivity contribution < 1.29 is 19.1 Å². The van der Waals surface area contributed by atoms with Gasteiger partial charge in [0.1, 0.15) is 5.82 Å². The molecule has 4 rings (SSSR count). The minimum Gasteiger partial charge on any atom is -0.493 e. The predicted octanol–water partition coefficient (Wildman–Crippen LogP) is 1.62. The van der Waals surface area contributed by atoms with Gasteiger partial charge in [-0.3, -0.25) is 9.59 Å². The van der Waals surface area contributed by atoms with E-state index in [9.17, 15) is 9.59 Å². The summed E-state index contributed by atoms with van der Waals surface area (Å²) in [5.41, 5.74) is 7.65. The molecule has 0 bridgehead atoms. The van der Waals surface area contributed by atoms with E-state index in [1.807, 2.05) is 13.0 Å². The zero-order valence-corrected chi connectivity index (χ0v) is 17.7. The first kappa shape index (κ1) is 20.7. The molecule has 1 aliphatic rings. The number of aromatic nitrogens is 4. The van der Waals surface area contributed by atoms with Crippen LogP contribution in [0.2, 0.25) is 0 Å². The van der Waals surface area contributed by atoms with Crippen molar-refractivity contribution in [2.24, 2.45) is 5.73 Å². The van der Waals surface area contributed by atoms with Crippen molar-refractivity contribution in [2.75, 3.05) is 24.8 Å². The van der Waals surface area contributed by atoms with Crippen LogP contribution in [0.25, 0.3) is 5.95 Å². The second-order valence-electron chi connectivity index (χ2n) is 6.71. The summed E-state index contributed by atoms with van der Waals surface area (Å²) in [6, 6.07) is 7.14. The number of fused-ring (bicyclic) bond motifs is 1. The van der Waals surface area contributed by atoms with Gasteiger partial charge in [-0.25, -0.2) is 9.97 Å². The number of aryl methyl sites for hydroxylation is 1. The fourth-order valence-corrected chi connectivity index (χ4v) is 4.49. The Balaban J connectivity index is 1.81. The Morgan fingerprint density at radius 3 is 2.81 bits per heavy atom. The Bertz CT molecular complexity index is 1130. The fourth-order valence-electron chi connectivity index (χ4n) is 3.31. The Morgan fingerprint density at radius 2 is 2.10 bits per heavy atom. The number of primary amides is 1. The predicted molar refractivity (Wildman–Crippen MR) is 115 cm³/mol. The van der Waals surface area contributed by atoms with E-state index in [1.54, 1.807) is 30.6 Å². The highest BCUT2D eigenvalue weighted by Gasteiger charge is 2.31. The highest BCUT2D eigenvalue weighted by atomic mass is 32.2. The largest absolute Gasteiger partial charge is 0.493 e. The lowest BCUT2D eigenvalue weighted by molar-refractivity contribution is -0.120. The monoisotopic (exact) mass is 440 g/mol. The van der Waals surface area contributed by atoms with E-state index in [0.29, 0.717) is 23.3 Å². The molecule has 3 aromatic rings. The van der Waals surface area contributed by atoms with Crippen molar-refractivity contribution in [3.63, 3.8) is 0 Å². The number of hydrogen-bond acceptors (Lipinski definition) is 8. The minimum atomic E-state index is -0.589. The molecule has 11 heteroatoms. The first-order chi connectivity index (χ1) is 15.0. The SMILES string of the molecule is COc1ccc(C2SCC(=O)Nc3c2c(C)nn3-c2ncccn2)cc1OCC(N)=O. The molecule has 0 spiro atoms. The molecule has 0 radical (unpaired) electrons. The number of nitrogens with two attached hydrogens (primary N) is 1. The van der Waals surface area contributed by atoms with Gasteiger partial charge >= 0.3 is 0 Å². The van der Waals surface area contributed by atoms with Gasteiger partial charge in [-0.1, -0.05) is 6.07 Å². The average molecular weight is 440 g/mol. The molecule has 31 heavy (non-hydrogen) atoms. The summed E-state index contributed by atoms with van der Waals surface area (Å²) < 4.78 is 12.4. The van der Waals surface area contributed by atoms with Gasteiger partial charge in [0.25, 0.3) is 11.9 Å². The van der Waals surface area contributed by atoms with E-state index in [2.05, 4.69) is 20.4 Å². The first-order valence-corrected chi connectivity index (χ1v) is 10.4. The van der Waals surface area contributed by atoms with Crippen LogP contribution in [0, 0.1) is 6.92 Å². The van der Waals surface area contributed by atoms with Crippen molar-refractivity contribution in [1.82, 2.24) is 19.7 Å². The standard InChI is InChI=1S/C20H20N6O4S/c1-11-17-18(12-4-5-13(29-2)14(8-12)30-9-15(21)27)31-10-16(28)24-19(17)26(25-11)20-22-6-3-7-23-20/h3-8,18H,9-10H2,1-2H3,(H2,21,27)(H,24,28). The van der Waals surface area contributed by atoms with Gasteiger partial charge in [0.15, 0.2) is 18.1 Å².